The first-order chi connectivity index (χ1) is 41.2. The molecule has 32 nitrogen and oxygen atoms in total. The molecule has 4 amide bonds. The molecule has 0 bridgehead atoms. The molecule has 0 aliphatic heterocycles. The SMILES string of the molecule is O=C(O)CCOCCOCCOCCNC(=O)CCOCC(COCCC(=O)NCCOCCOCCOCCC(=O)O)(COCCC(=O)NCCOCCOCCOCCC(=O)O)COCCC(=O)NCCOCCOCCOCCC(=O)O. The largest absolute Gasteiger partial charge is 0.481 e. The van der Waals surface area contributed by atoms with Gasteiger partial charge in [0.1, 0.15) is 0 Å². The van der Waals surface area contributed by atoms with E-state index in [9.17, 15) is 38.4 Å². The molecule has 0 aromatic rings. The topological polar surface area (TPSA) is 413 Å². The average Bonchev–Trinajstić information content (AvgIpc) is 3.46. The van der Waals surface area contributed by atoms with Crippen LogP contribution in [0.5, 0.6) is 0 Å². The lowest BCUT2D eigenvalue weighted by atomic mass is 9.92. The Bertz CT molecular complexity index is 1450. The van der Waals surface area contributed by atoms with Gasteiger partial charge < -0.3 is 117 Å². The third-order valence-electron chi connectivity index (χ3n) is 10.6. The van der Waals surface area contributed by atoms with Gasteiger partial charge in [-0.25, -0.2) is 0 Å². The Morgan fingerprint density at radius 1 is 0.212 bits per heavy atom. The Labute approximate surface area is 496 Å². The predicted molar refractivity (Wildman–Crippen MR) is 295 cm³/mol. The summed E-state index contributed by atoms with van der Waals surface area (Å²) >= 11 is 0. The summed E-state index contributed by atoms with van der Waals surface area (Å²) in [6.45, 7) is 6.11. The Morgan fingerprint density at radius 2 is 0.365 bits per heavy atom. The molecule has 0 unspecified atom stereocenters. The van der Waals surface area contributed by atoms with Crippen molar-refractivity contribution in [1.82, 2.24) is 21.3 Å². The van der Waals surface area contributed by atoms with Gasteiger partial charge in [0.15, 0.2) is 0 Å². The maximum absolute atomic E-state index is 12.7. The lowest BCUT2D eigenvalue weighted by Crippen LogP contribution is -2.43. The highest BCUT2D eigenvalue weighted by atomic mass is 16.6. The fraction of sp³-hybridized carbons (Fsp3) is 0.849. The number of aliphatic carboxylic acids is 4. The highest BCUT2D eigenvalue weighted by molar-refractivity contribution is 5.77. The number of amides is 4. The quantitative estimate of drug-likeness (QED) is 0.0310. The number of ether oxygens (including phenoxy) is 16. The number of nitrogens with one attached hydrogen (secondary N) is 4. The van der Waals surface area contributed by atoms with Crippen molar-refractivity contribution < 1.29 is 135 Å². The van der Waals surface area contributed by atoms with Gasteiger partial charge in [0.05, 0.1) is 243 Å². The first-order valence-corrected chi connectivity index (χ1v) is 28.4. The minimum atomic E-state index is -1.07. The summed E-state index contributed by atoms with van der Waals surface area (Å²) in [7, 11) is 0. The molecular weight excluding hydrogens is 1140 g/mol. The zero-order valence-corrected chi connectivity index (χ0v) is 49.2. The molecule has 0 fully saturated rings. The van der Waals surface area contributed by atoms with E-state index in [0.717, 1.165) is 0 Å². The van der Waals surface area contributed by atoms with E-state index in [4.69, 9.17) is 96.2 Å². The second-order valence-corrected chi connectivity index (χ2v) is 18.0. The van der Waals surface area contributed by atoms with Crippen molar-refractivity contribution in [3.05, 3.63) is 0 Å². The van der Waals surface area contributed by atoms with Gasteiger partial charge in [-0.2, -0.15) is 0 Å². The van der Waals surface area contributed by atoms with E-state index in [1.807, 2.05) is 0 Å². The second-order valence-electron chi connectivity index (χ2n) is 18.0. The third-order valence-corrected chi connectivity index (χ3v) is 10.6. The Morgan fingerprint density at radius 3 is 0.541 bits per heavy atom. The summed E-state index contributed by atoms with van der Waals surface area (Å²) in [4.78, 5) is 93.1. The van der Waals surface area contributed by atoms with Gasteiger partial charge >= 0.3 is 23.9 Å². The van der Waals surface area contributed by atoms with Gasteiger partial charge in [-0.1, -0.05) is 0 Å². The van der Waals surface area contributed by atoms with E-state index in [0.29, 0.717) is 0 Å². The van der Waals surface area contributed by atoms with Gasteiger partial charge in [-0.3, -0.25) is 38.4 Å². The van der Waals surface area contributed by atoms with E-state index in [2.05, 4.69) is 21.3 Å². The highest BCUT2D eigenvalue weighted by Crippen LogP contribution is 2.22. The molecule has 8 N–H and O–H groups in total. The number of rotatable bonds is 68. The lowest BCUT2D eigenvalue weighted by molar-refractivity contribution is -0.139. The van der Waals surface area contributed by atoms with Crippen LogP contribution in [0.1, 0.15) is 51.4 Å². The Kier molecular flexibility index (Phi) is 57.3. The first kappa shape index (κ1) is 80.1. The molecule has 0 aliphatic carbocycles. The van der Waals surface area contributed by atoms with Crippen molar-refractivity contribution >= 4 is 47.5 Å². The van der Waals surface area contributed by atoms with Crippen LogP contribution < -0.4 is 21.3 Å². The van der Waals surface area contributed by atoms with Crippen molar-refractivity contribution in [1.29, 1.82) is 0 Å². The summed E-state index contributed by atoms with van der Waals surface area (Å²) in [6.07, 6.45) is -0.435. The van der Waals surface area contributed by atoms with Crippen LogP contribution >= 0.6 is 0 Å². The van der Waals surface area contributed by atoms with Crippen LogP contribution in [0.4, 0.5) is 0 Å². The van der Waals surface area contributed by atoms with E-state index in [-0.39, 0.29) is 313 Å². The van der Waals surface area contributed by atoms with Crippen molar-refractivity contribution in [2.75, 3.05) is 238 Å². The number of carboxylic acid groups (broad SMARTS) is 4. The monoisotopic (exact) mass is 1240 g/mol. The summed E-state index contributed by atoms with van der Waals surface area (Å²) < 4.78 is 88.3. The van der Waals surface area contributed by atoms with Crippen LogP contribution in [0.15, 0.2) is 0 Å². The number of hydrogen-bond acceptors (Lipinski definition) is 24. The molecule has 0 rings (SSSR count). The van der Waals surface area contributed by atoms with Crippen LogP contribution in [-0.4, -0.2) is 306 Å². The van der Waals surface area contributed by atoms with Gasteiger partial charge in [0.2, 0.25) is 23.6 Å². The summed E-state index contributed by atoms with van der Waals surface area (Å²) in [6, 6.07) is 0. The Balaban J connectivity index is 5.38. The molecule has 0 spiro atoms. The summed E-state index contributed by atoms with van der Waals surface area (Å²) in [5, 5.41) is 45.6. The van der Waals surface area contributed by atoms with Gasteiger partial charge in [-0.05, 0) is 0 Å². The molecule has 0 heterocycles. The molecule has 0 saturated heterocycles. The highest BCUT2D eigenvalue weighted by Gasteiger charge is 2.33. The number of carboxylic acids is 4. The minimum Gasteiger partial charge on any atom is -0.481 e. The Hall–Kier alpha value is -4.88. The minimum absolute atomic E-state index is 0.0181. The maximum atomic E-state index is 12.7. The molecule has 32 heteroatoms. The lowest BCUT2D eigenvalue weighted by Gasteiger charge is -2.33. The number of hydrogen-bond donors (Lipinski definition) is 8. The van der Waals surface area contributed by atoms with Crippen LogP contribution in [0, 0.1) is 5.41 Å². The van der Waals surface area contributed by atoms with Gasteiger partial charge in [0, 0.05) is 51.9 Å². The van der Waals surface area contributed by atoms with Crippen molar-refractivity contribution in [3.8, 4) is 0 Å². The molecule has 0 saturated carbocycles. The standard InChI is InChI=1S/C53H96N4O28/c58-45(54-9-21-74-29-37-78-33-25-70-17-5-49(62)63)1-13-82-41-53(42-83-14-2-46(59)55-10-22-75-30-38-79-34-26-71-18-6-50(64)65,43-84-15-3-47(60)56-11-23-76-31-39-80-35-27-72-19-7-51(66)67)44-85-16-4-48(61)57-12-24-77-32-40-81-36-28-73-20-8-52(68)69/h1-44H2,(H,54,58)(H,55,59)(H,56,60)(H,57,61)(H,62,63)(H,64,65)(H,66,67)(H,68,69). The van der Waals surface area contributed by atoms with E-state index in [1.54, 1.807) is 0 Å². The maximum Gasteiger partial charge on any atom is 0.305 e. The predicted octanol–water partition coefficient (Wildman–Crippen LogP) is -1.84. The number of carbonyl (C=O) groups excluding carboxylic acids is 4. The molecule has 496 valence electrons. The van der Waals surface area contributed by atoms with Crippen LogP contribution in [-0.2, 0) is 114 Å². The fourth-order valence-electron chi connectivity index (χ4n) is 6.27. The number of carbonyl (C=O) groups is 8. The third kappa shape index (κ3) is 62.0. The van der Waals surface area contributed by atoms with Crippen molar-refractivity contribution in [3.63, 3.8) is 0 Å². The van der Waals surface area contributed by atoms with Crippen LogP contribution in [0.3, 0.4) is 0 Å². The molecule has 85 heavy (non-hydrogen) atoms. The van der Waals surface area contributed by atoms with Crippen LogP contribution in [0.25, 0.3) is 0 Å². The summed E-state index contributed by atoms with van der Waals surface area (Å²) in [5.41, 5.74) is -1.07. The molecule has 0 radical (unpaired) electrons. The van der Waals surface area contributed by atoms with Gasteiger partial charge in [0.25, 0.3) is 0 Å². The van der Waals surface area contributed by atoms with Crippen molar-refractivity contribution in [2.24, 2.45) is 5.41 Å². The normalized spacial score (nSPS) is 11.4. The van der Waals surface area contributed by atoms with Gasteiger partial charge in [-0.15, -0.1) is 0 Å². The first-order valence-electron chi connectivity index (χ1n) is 28.4. The smallest absolute Gasteiger partial charge is 0.305 e. The van der Waals surface area contributed by atoms with Crippen LogP contribution in [0.2, 0.25) is 0 Å². The average molecular weight is 1240 g/mol. The molecule has 0 atom stereocenters. The van der Waals surface area contributed by atoms with E-state index >= 15 is 0 Å². The van der Waals surface area contributed by atoms with E-state index in [1.165, 1.54) is 0 Å². The molecular formula is C53H96N4O28. The van der Waals surface area contributed by atoms with Crippen molar-refractivity contribution in [2.45, 2.75) is 51.4 Å². The second kappa shape index (κ2) is 60.8. The zero-order chi connectivity index (χ0) is 62.4. The molecule has 0 aliphatic rings. The fourth-order valence-corrected chi connectivity index (χ4v) is 6.27. The summed E-state index contributed by atoms with van der Waals surface area (Å²) in [5.74, 6) is -5.01. The zero-order valence-electron chi connectivity index (χ0n) is 49.2. The molecule has 0 aromatic carbocycles. The molecule has 0 aromatic heterocycles. The van der Waals surface area contributed by atoms with E-state index < -0.39 is 29.3 Å².